The van der Waals surface area contributed by atoms with Crippen LogP contribution in [-0.4, -0.2) is 80.6 Å². The summed E-state index contributed by atoms with van der Waals surface area (Å²) < 4.78 is 0. The smallest absolute Gasteiger partial charge is 0.317 e. The van der Waals surface area contributed by atoms with Crippen molar-refractivity contribution in [1.82, 2.24) is 20.0 Å². The van der Waals surface area contributed by atoms with Crippen LogP contribution < -0.4 is 5.32 Å². The number of hydrogen-bond acceptors (Lipinski definition) is 3. The lowest BCUT2D eigenvalue weighted by molar-refractivity contribution is 0.133. The largest absolute Gasteiger partial charge is 0.338 e. The minimum absolute atomic E-state index is 0.0883. The molecule has 1 saturated heterocycles. The van der Waals surface area contributed by atoms with Crippen LogP contribution in [0.1, 0.15) is 12.0 Å². The van der Waals surface area contributed by atoms with Crippen molar-refractivity contribution in [2.24, 2.45) is 0 Å². The van der Waals surface area contributed by atoms with Crippen molar-refractivity contribution < 1.29 is 4.79 Å². The van der Waals surface area contributed by atoms with Crippen LogP contribution in [0.3, 0.4) is 0 Å². The third-order valence-electron chi connectivity index (χ3n) is 4.28. The van der Waals surface area contributed by atoms with Crippen LogP contribution in [0.2, 0.25) is 0 Å². The molecule has 1 N–H and O–H groups in total. The topological polar surface area (TPSA) is 38.8 Å². The van der Waals surface area contributed by atoms with Gasteiger partial charge in [-0.3, -0.25) is 4.90 Å². The summed E-state index contributed by atoms with van der Waals surface area (Å²) in [6.07, 6.45) is 2.00. The van der Waals surface area contributed by atoms with E-state index in [-0.39, 0.29) is 6.03 Å². The van der Waals surface area contributed by atoms with Gasteiger partial charge in [-0.05, 0) is 32.5 Å². The summed E-state index contributed by atoms with van der Waals surface area (Å²) in [7, 11) is 4.19. The number of nitrogens with zero attached hydrogens (tertiary/aromatic N) is 3. The van der Waals surface area contributed by atoms with E-state index in [1.54, 1.807) is 0 Å². The van der Waals surface area contributed by atoms with Crippen LogP contribution >= 0.6 is 0 Å². The zero-order valence-electron chi connectivity index (χ0n) is 14.5. The Labute approximate surface area is 140 Å². The number of likely N-dealkylation sites (N-methyl/N-ethyl adjacent to an activating group) is 1. The molecule has 0 bridgehead atoms. The standard InChI is InChI=1S/C18H30N4O/c1-20(2)11-12-21-13-15-22(16-14-21)18(23)19-10-6-9-17-7-4-3-5-8-17/h3-5,7-8H,6,9-16H2,1-2H3,(H,19,23). The van der Waals surface area contributed by atoms with Crippen molar-refractivity contribution in [3.8, 4) is 0 Å². The molecule has 0 spiro atoms. The summed E-state index contributed by atoms with van der Waals surface area (Å²) in [6, 6.07) is 10.5. The minimum atomic E-state index is 0.0883. The molecule has 5 heteroatoms. The second-order valence-electron chi connectivity index (χ2n) is 6.45. The van der Waals surface area contributed by atoms with E-state index in [1.165, 1.54) is 5.56 Å². The monoisotopic (exact) mass is 318 g/mol. The van der Waals surface area contributed by atoms with Crippen molar-refractivity contribution in [3.05, 3.63) is 35.9 Å². The molecule has 1 heterocycles. The van der Waals surface area contributed by atoms with E-state index < -0.39 is 0 Å². The van der Waals surface area contributed by atoms with Crippen molar-refractivity contribution in [2.75, 3.05) is 59.9 Å². The number of nitrogens with one attached hydrogen (secondary N) is 1. The molecule has 1 aromatic carbocycles. The molecular formula is C18H30N4O. The number of aryl methyl sites for hydroxylation is 1. The van der Waals surface area contributed by atoms with E-state index in [0.717, 1.165) is 58.7 Å². The summed E-state index contributed by atoms with van der Waals surface area (Å²) in [5, 5.41) is 3.05. The molecule has 1 aromatic rings. The zero-order chi connectivity index (χ0) is 16.5. The van der Waals surface area contributed by atoms with Gasteiger partial charge < -0.3 is 15.1 Å². The van der Waals surface area contributed by atoms with Crippen LogP contribution in [0.15, 0.2) is 30.3 Å². The summed E-state index contributed by atoms with van der Waals surface area (Å²) in [6.45, 7) is 6.52. The summed E-state index contributed by atoms with van der Waals surface area (Å²) in [4.78, 5) is 18.7. The normalized spacial score (nSPS) is 15.9. The number of amides is 2. The maximum absolute atomic E-state index is 12.2. The van der Waals surface area contributed by atoms with E-state index in [0.29, 0.717) is 0 Å². The Balaban J connectivity index is 1.58. The molecule has 2 rings (SSSR count). The fourth-order valence-electron chi connectivity index (χ4n) is 2.76. The SMILES string of the molecule is CN(C)CCN1CCN(C(=O)NCCCc2ccccc2)CC1. The highest BCUT2D eigenvalue weighted by atomic mass is 16.2. The Hall–Kier alpha value is -1.59. The Kier molecular flexibility index (Phi) is 7.36. The predicted molar refractivity (Wildman–Crippen MR) is 94.7 cm³/mol. The average Bonchev–Trinajstić information content (AvgIpc) is 2.58. The van der Waals surface area contributed by atoms with Crippen molar-refractivity contribution >= 4 is 6.03 Å². The molecule has 2 amide bonds. The first-order valence-electron chi connectivity index (χ1n) is 8.59. The van der Waals surface area contributed by atoms with Gasteiger partial charge in [-0.2, -0.15) is 0 Å². The third kappa shape index (κ3) is 6.59. The fraction of sp³-hybridized carbons (Fsp3) is 0.611. The van der Waals surface area contributed by atoms with Crippen LogP contribution in [0.5, 0.6) is 0 Å². The van der Waals surface area contributed by atoms with E-state index in [4.69, 9.17) is 0 Å². The van der Waals surface area contributed by atoms with Gasteiger partial charge in [-0.15, -0.1) is 0 Å². The number of urea groups is 1. The Morgan fingerprint density at radius 3 is 2.48 bits per heavy atom. The summed E-state index contributed by atoms with van der Waals surface area (Å²) >= 11 is 0. The first kappa shape index (κ1) is 17.8. The average molecular weight is 318 g/mol. The summed E-state index contributed by atoms with van der Waals surface area (Å²) in [5.74, 6) is 0. The highest BCUT2D eigenvalue weighted by Gasteiger charge is 2.20. The van der Waals surface area contributed by atoms with E-state index >= 15 is 0 Å². The van der Waals surface area contributed by atoms with Crippen molar-refractivity contribution in [1.29, 1.82) is 0 Å². The molecule has 128 valence electrons. The Morgan fingerprint density at radius 2 is 1.83 bits per heavy atom. The van der Waals surface area contributed by atoms with Gasteiger partial charge >= 0.3 is 6.03 Å². The van der Waals surface area contributed by atoms with Gasteiger partial charge in [0.15, 0.2) is 0 Å². The van der Waals surface area contributed by atoms with Gasteiger partial charge in [0, 0.05) is 45.8 Å². The first-order chi connectivity index (χ1) is 11.1. The van der Waals surface area contributed by atoms with Gasteiger partial charge in [0.25, 0.3) is 0 Å². The molecule has 0 unspecified atom stereocenters. The lowest BCUT2D eigenvalue weighted by Gasteiger charge is -2.35. The minimum Gasteiger partial charge on any atom is -0.338 e. The quantitative estimate of drug-likeness (QED) is 0.775. The summed E-state index contributed by atoms with van der Waals surface area (Å²) in [5.41, 5.74) is 1.33. The van der Waals surface area contributed by atoms with Gasteiger partial charge in [-0.25, -0.2) is 4.79 Å². The highest BCUT2D eigenvalue weighted by Crippen LogP contribution is 2.03. The Bertz CT molecular complexity index is 455. The van der Waals surface area contributed by atoms with E-state index in [2.05, 4.69) is 53.5 Å². The third-order valence-corrected chi connectivity index (χ3v) is 4.28. The molecule has 0 aliphatic carbocycles. The number of hydrogen-bond donors (Lipinski definition) is 1. The Morgan fingerprint density at radius 1 is 1.13 bits per heavy atom. The molecule has 0 saturated carbocycles. The number of rotatable bonds is 7. The number of benzene rings is 1. The van der Waals surface area contributed by atoms with Gasteiger partial charge in [0.2, 0.25) is 0 Å². The molecule has 0 radical (unpaired) electrons. The number of carbonyl (C=O) groups excluding carboxylic acids is 1. The number of piperazine rings is 1. The second-order valence-corrected chi connectivity index (χ2v) is 6.45. The van der Waals surface area contributed by atoms with Gasteiger partial charge in [0.1, 0.15) is 0 Å². The molecule has 23 heavy (non-hydrogen) atoms. The van der Waals surface area contributed by atoms with Gasteiger partial charge in [-0.1, -0.05) is 30.3 Å². The van der Waals surface area contributed by atoms with E-state index in [9.17, 15) is 4.79 Å². The zero-order valence-corrected chi connectivity index (χ0v) is 14.5. The lowest BCUT2D eigenvalue weighted by Crippen LogP contribution is -2.52. The molecule has 1 aliphatic rings. The maximum atomic E-state index is 12.2. The lowest BCUT2D eigenvalue weighted by atomic mass is 10.1. The molecule has 0 atom stereocenters. The van der Waals surface area contributed by atoms with Crippen LogP contribution in [0.25, 0.3) is 0 Å². The fourth-order valence-corrected chi connectivity index (χ4v) is 2.76. The molecule has 0 aromatic heterocycles. The van der Waals surface area contributed by atoms with Crippen LogP contribution in [0, 0.1) is 0 Å². The molecule has 5 nitrogen and oxygen atoms in total. The molecule has 1 aliphatic heterocycles. The highest BCUT2D eigenvalue weighted by molar-refractivity contribution is 5.74. The van der Waals surface area contributed by atoms with Gasteiger partial charge in [0.05, 0.1) is 0 Å². The van der Waals surface area contributed by atoms with Crippen LogP contribution in [-0.2, 0) is 6.42 Å². The molecular weight excluding hydrogens is 288 g/mol. The number of carbonyl (C=O) groups is 1. The van der Waals surface area contributed by atoms with E-state index in [1.807, 2.05) is 11.0 Å². The van der Waals surface area contributed by atoms with Crippen molar-refractivity contribution in [3.63, 3.8) is 0 Å². The second kappa shape index (κ2) is 9.53. The van der Waals surface area contributed by atoms with Crippen molar-refractivity contribution in [2.45, 2.75) is 12.8 Å². The first-order valence-corrected chi connectivity index (χ1v) is 8.59. The maximum Gasteiger partial charge on any atom is 0.317 e. The predicted octanol–water partition coefficient (Wildman–Crippen LogP) is 1.51. The van der Waals surface area contributed by atoms with Crippen LogP contribution in [0.4, 0.5) is 4.79 Å². The molecule has 1 fully saturated rings.